The Labute approximate surface area is 263 Å². The predicted octanol–water partition coefficient (Wildman–Crippen LogP) is 10.3. The van der Waals surface area contributed by atoms with Crippen LogP contribution in [0, 0.1) is 20.8 Å². The van der Waals surface area contributed by atoms with Gasteiger partial charge in [-0.25, -0.2) is 0 Å². The number of aryl methyl sites for hydroxylation is 3. The van der Waals surface area contributed by atoms with Crippen LogP contribution in [0.15, 0.2) is 140 Å². The van der Waals surface area contributed by atoms with Crippen LogP contribution in [0.2, 0.25) is 0 Å². The monoisotopic (exact) mass is 588 g/mol. The molecule has 0 aliphatic heterocycles. The molecule has 0 saturated carbocycles. The van der Waals surface area contributed by atoms with Gasteiger partial charge < -0.3 is 9.47 Å². The predicted molar refractivity (Wildman–Crippen MR) is 179 cm³/mol. The molecule has 6 aromatic carbocycles. The largest absolute Gasteiger partial charge is 0.457 e. The van der Waals surface area contributed by atoms with E-state index < -0.39 is 0 Å². The molecule has 6 rings (SSSR count). The van der Waals surface area contributed by atoms with Gasteiger partial charge in [0.1, 0.15) is 23.0 Å². The Hall–Kier alpha value is -5.74. The molecule has 0 amide bonds. The smallest absolute Gasteiger partial charge is 0.193 e. The van der Waals surface area contributed by atoms with Crippen molar-refractivity contribution in [2.75, 3.05) is 0 Å². The van der Waals surface area contributed by atoms with Crippen molar-refractivity contribution in [1.82, 2.24) is 0 Å². The Kier molecular flexibility index (Phi) is 8.39. The topological polar surface area (TPSA) is 52.6 Å². The zero-order chi connectivity index (χ0) is 31.3. The number of ketones is 2. The summed E-state index contributed by atoms with van der Waals surface area (Å²) in [7, 11) is 0. The maximum absolute atomic E-state index is 13.8. The first-order chi connectivity index (χ1) is 21.8. The minimum absolute atomic E-state index is 0.0924. The molecule has 0 aromatic heterocycles. The van der Waals surface area contributed by atoms with Crippen LogP contribution in [0.3, 0.4) is 0 Å². The molecule has 0 fully saturated rings. The first kappa shape index (κ1) is 29.3. The third-order valence-corrected chi connectivity index (χ3v) is 7.68. The fraction of sp³-hybridized carbons (Fsp3) is 0.0732. The molecule has 0 N–H and O–H groups in total. The number of rotatable bonds is 9. The summed E-state index contributed by atoms with van der Waals surface area (Å²) in [5, 5.41) is 0. The van der Waals surface area contributed by atoms with E-state index in [-0.39, 0.29) is 11.6 Å². The van der Waals surface area contributed by atoms with Crippen molar-refractivity contribution in [3.05, 3.63) is 178 Å². The molecule has 0 aliphatic carbocycles. The van der Waals surface area contributed by atoms with E-state index in [0.717, 1.165) is 39.3 Å². The summed E-state index contributed by atoms with van der Waals surface area (Å²) >= 11 is 0. The molecule has 0 aliphatic rings. The standard InChI is InChI=1S/C41H32O4/c1-27-9-18-34(19-10-27)45-36-20-14-30(15-21-36)40(42)38-26-32(13-12-29(38)3)37-24-11-28(2)25-39(37)41(43)31-16-22-35(23-17-31)44-33-7-5-4-6-8-33/h4-26H,1-3H3. The highest BCUT2D eigenvalue weighted by atomic mass is 16.5. The summed E-state index contributed by atoms with van der Waals surface area (Å²) in [6, 6.07) is 43.3. The van der Waals surface area contributed by atoms with Crippen LogP contribution in [-0.4, -0.2) is 11.6 Å². The Morgan fingerprint density at radius 2 is 0.933 bits per heavy atom. The zero-order valence-electron chi connectivity index (χ0n) is 25.4. The molecule has 6 aromatic rings. The average Bonchev–Trinajstić information content (AvgIpc) is 3.07. The Balaban J connectivity index is 1.25. The van der Waals surface area contributed by atoms with Crippen molar-refractivity contribution in [2.24, 2.45) is 0 Å². The van der Waals surface area contributed by atoms with Gasteiger partial charge in [0.2, 0.25) is 0 Å². The fourth-order valence-electron chi connectivity index (χ4n) is 5.16. The molecule has 0 atom stereocenters. The van der Waals surface area contributed by atoms with Crippen molar-refractivity contribution in [3.8, 4) is 34.1 Å². The third kappa shape index (κ3) is 6.76. The van der Waals surface area contributed by atoms with Crippen LogP contribution in [0.5, 0.6) is 23.0 Å². The first-order valence-corrected chi connectivity index (χ1v) is 14.8. The van der Waals surface area contributed by atoms with Gasteiger partial charge >= 0.3 is 0 Å². The van der Waals surface area contributed by atoms with Crippen LogP contribution >= 0.6 is 0 Å². The highest BCUT2D eigenvalue weighted by Gasteiger charge is 2.19. The van der Waals surface area contributed by atoms with Crippen LogP contribution in [0.25, 0.3) is 11.1 Å². The Morgan fingerprint density at radius 1 is 0.444 bits per heavy atom. The minimum Gasteiger partial charge on any atom is -0.457 e. The highest BCUT2D eigenvalue weighted by molar-refractivity contribution is 6.14. The number of ether oxygens (including phenoxy) is 2. The molecule has 0 spiro atoms. The van der Waals surface area contributed by atoms with E-state index >= 15 is 0 Å². The summed E-state index contributed by atoms with van der Waals surface area (Å²) in [6.07, 6.45) is 0. The number of carbonyl (C=O) groups excluding carboxylic acids is 2. The molecule has 0 heterocycles. The van der Waals surface area contributed by atoms with Crippen LogP contribution in [0.4, 0.5) is 0 Å². The van der Waals surface area contributed by atoms with Gasteiger partial charge in [-0.1, -0.05) is 65.7 Å². The van der Waals surface area contributed by atoms with Crippen molar-refractivity contribution in [2.45, 2.75) is 20.8 Å². The Morgan fingerprint density at radius 3 is 1.51 bits per heavy atom. The number of hydrogen-bond donors (Lipinski definition) is 0. The fourth-order valence-corrected chi connectivity index (χ4v) is 5.16. The van der Waals surface area contributed by atoms with Crippen molar-refractivity contribution in [3.63, 3.8) is 0 Å². The van der Waals surface area contributed by atoms with Gasteiger partial charge in [0.25, 0.3) is 0 Å². The molecule has 4 nitrogen and oxygen atoms in total. The normalized spacial score (nSPS) is 10.7. The van der Waals surface area contributed by atoms with Crippen molar-refractivity contribution < 1.29 is 19.1 Å². The molecule has 45 heavy (non-hydrogen) atoms. The number of hydrogen-bond acceptors (Lipinski definition) is 4. The molecule has 0 bridgehead atoms. The SMILES string of the molecule is Cc1ccc(Oc2ccc(C(=O)c3cc(-c4ccc(C)cc4C(=O)c4ccc(Oc5ccccc5)cc4)ccc3C)cc2)cc1. The molecular formula is C41H32O4. The van der Waals surface area contributed by atoms with Gasteiger partial charge in [0, 0.05) is 22.3 Å². The molecular weight excluding hydrogens is 556 g/mol. The van der Waals surface area contributed by atoms with E-state index in [4.69, 9.17) is 9.47 Å². The Bertz CT molecular complexity index is 1970. The van der Waals surface area contributed by atoms with Gasteiger partial charge in [-0.3, -0.25) is 9.59 Å². The molecule has 4 heteroatoms. The molecule has 0 saturated heterocycles. The van der Waals surface area contributed by atoms with Gasteiger partial charge in [0.15, 0.2) is 11.6 Å². The van der Waals surface area contributed by atoms with E-state index in [1.807, 2.05) is 112 Å². The average molecular weight is 589 g/mol. The zero-order valence-corrected chi connectivity index (χ0v) is 25.4. The highest BCUT2D eigenvalue weighted by Crippen LogP contribution is 2.31. The first-order valence-electron chi connectivity index (χ1n) is 14.8. The van der Waals surface area contributed by atoms with Gasteiger partial charge in [0.05, 0.1) is 0 Å². The second-order valence-corrected chi connectivity index (χ2v) is 11.1. The molecule has 0 unspecified atom stereocenters. The van der Waals surface area contributed by atoms with E-state index in [2.05, 4.69) is 0 Å². The summed E-state index contributed by atoms with van der Waals surface area (Å²) < 4.78 is 11.8. The van der Waals surface area contributed by atoms with Gasteiger partial charge in [-0.15, -0.1) is 0 Å². The third-order valence-electron chi connectivity index (χ3n) is 7.68. The maximum Gasteiger partial charge on any atom is 0.193 e. The second kappa shape index (κ2) is 12.9. The quantitative estimate of drug-likeness (QED) is 0.158. The molecule has 0 radical (unpaired) electrons. The minimum atomic E-state index is -0.0995. The second-order valence-electron chi connectivity index (χ2n) is 11.1. The lowest BCUT2D eigenvalue weighted by Crippen LogP contribution is -2.06. The molecule has 220 valence electrons. The van der Waals surface area contributed by atoms with Crippen LogP contribution < -0.4 is 9.47 Å². The lowest BCUT2D eigenvalue weighted by Gasteiger charge is -2.14. The van der Waals surface area contributed by atoms with E-state index in [0.29, 0.717) is 33.8 Å². The summed E-state index contributed by atoms with van der Waals surface area (Å²) in [5.74, 6) is 2.58. The lowest BCUT2D eigenvalue weighted by molar-refractivity contribution is 0.103. The van der Waals surface area contributed by atoms with Gasteiger partial charge in [-0.05, 0) is 122 Å². The summed E-state index contributed by atoms with van der Waals surface area (Å²) in [6.45, 7) is 5.92. The van der Waals surface area contributed by atoms with E-state index in [9.17, 15) is 9.59 Å². The van der Waals surface area contributed by atoms with E-state index in [1.54, 1.807) is 48.5 Å². The van der Waals surface area contributed by atoms with Crippen molar-refractivity contribution >= 4 is 11.6 Å². The van der Waals surface area contributed by atoms with Crippen molar-refractivity contribution in [1.29, 1.82) is 0 Å². The van der Waals surface area contributed by atoms with E-state index in [1.165, 1.54) is 0 Å². The lowest BCUT2D eigenvalue weighted by atomic mass is 9.89. The van der Waals surface area contributed by atoms with Crippen LogP contribution in [0.1, 0.15) is 48.5 Å². The number of carbonyl (C=O) groups is 2. The summed E-state index contributed by atoms with van der Waals surface area (Å²) in [5.41, 5.74) is 6.84. The summed E-state index contributed by atoms with van der Waals surface area (Å²) in [4.78, 5) is 27.5. The number of benzene rings is 6. The number of para-hydroxylation sites is 1. The van der Waals surface area contributed by atoms with Crippen LogP contribution in [-0.2, 0) is 0 Å². The maximum atomic E-state index is 13.8. The van der Waals surface area contributed by atoms with Gasteiger partial charge in [-0.2, -0.15) is 0 Å².